The number of carbonyl (C=O) groups is 1. The number of rotatable bonds is 2. The number of benzene rings is 1. The molecule has 0 saturated carbocycles. The van der Waals surface area contributed by atoms with Crippen molar-refractivity contribution in [3.8, 4) is 5.75 Å². The maximum absolute atomic E-state index is 12.5. The molecule has 1 aromatic heterocycles. The zero-order valence-corrected chi connectivity index (χ0v) is 13.4. The summed E-state index contributed by atoms with van der Waals surface area (Å²) in [4.78, 5) is 15.4. The van der Waals surface area contributed by atoms with E-state index in [1.807, 2.05) is 38.1 Å². The van der Waals surface area contributed by atoms with Gasteiger partial charge in [-0.3, -0.25) is 4.79 Å². The topological polar surface area (TPSA) is 54.1 Å². The maximum atomic E-state index is 12.5. The Morgan fingerprint density at radius 3 is 2.86 bits per heavy atom. The largest absolute Gasteiger partial charge is 0.487 e. The second kappa shape index (κ2) is 5.57. The van der Waals surface area contributed by atoms with E-state index in [1.54, 1.807) is 18.3 Å². The van der Waals surface area contributed by atoms with Crippen molar-refractivity contribution in [1.29, 1.82) is 0 Å². The summed E-state index contributed by atoms with van der Waals surface area (Å²) < 4.78 is 6.43. The third-order valence-corrected chi connectivity index (χ3v) is 4.08. The number of carbonyl (C=O) groups excluding carboxylic acids is 1. The molecular formula is C17H18N2O2S. The molecule has 1 aliphatic rings. The molecule has 114 valence electrons. The number of nitrogens with one attached hydrogen (secondary N) is 2. The van der Waals surface area contributed by atoms with Crippen molar-refractivity contribution < 1.29 is 9.53 Å². The van der Waals surface area contributed by atoms with Crippen LogP contribution in [0, 0.1) is 4.64 Å². The van der Waals surface area contributed by atoms with Gasteiger partial charge in [0.2, 0.25) is 0 Å². The fourth-order valence-corrected chi connectivity index (χ4v) is 3.00. The minimum Gasteiger partial charge on any atom is -0.487 e. The average molecular weight is 314 g/mol. The molecule has 4 nitrogen and oxygen atoms in total. The number of fused-ring (bicyclic) bond motifs is 1. The van der Waals surface area contributed by atoms with Crippen molar-refractivity contribution in [1.82, 2.24) is 10.3 Å². The van der Waals surface area contributed by atoms with Gasteiger partial charge >= 0.3 is 0 Å². The molecule has 0 aliphatic carbocycles. The standard InChI is InChI=1S/C17H18N2O2S/c1-17(2)10-13(11-6-3-4-8-14(11)21-17)19-15(20)12-7-5-9-18-16(12)22/h3-9,13H,10H2,1-2H3,(H,18,22)(H,19,20)/t13-/m1/s1. The van der Waals surface area contributed by atoms with Crippen LogP contribution in [0.15, 0.2) is 42.6 Å². The molecule has 22 heavy (non-hydrogen) atoms. The number of hydrogen-bond donors (Lipinski definition) is 2. The van der Waals surface area contributed by atoms with Crippen LogP contribution in [0.1, 0.15) is 42.2 Å². The smallest absolute Gasteiger partial charge is 0.254 e. The van der Waals surface area contributed by atoms with Gasteiger partial charge in [0.1, 0.15) is 16.0 Å². The highest BCUT2D eigenvalue weighted by Crippen LogP contribution is 2.39. The van der Waals surface area contributed by atoms with E-state index in [4.69, 9.17) is 17.0 Å². The number of aromatic amines is 1. The van der Waals surface area contributed by atoms with Crippen molar-refractivity contribution in [2.24, 2.45) is 0 Å². The molecule has 0 bridgehead atoms. The Balaban J connectivity index is 1.91. The van der Waals surface area contributed by atoms with Gasteiger partial charge in [-0.05, 0) is 32.0 Å². The van der Waals surface area contributed by atoms with Crippen molar-refractivity contribution >= 4 is 18.1 Å². The quantitative estimate of drug-likeness (QED) is 0.830. The Kier molecular flexibility index (Phi) is 3.74. The Morgan fingerprint density at radius 1 is 1.32 bits per heavy atom. The Hall–Kier alpha value is -2.14. The number of para-hydroxylation sites is 1. The van der Waals surface area contributed by atoms with Crippen LogP contribution >= 0.6 is 12.2 Å². The maximum Gasteiger partial charge on any atom is 0.254 e. The lowest BCUT2D eigenvalue weighted by molar-refractivity contribution is 0.0619. The van der Waals surface area contributed by atoms with Gasteiger partial charge in [0, 0.05) is 18.2 Å². The minimum absolute atomic E-state index is 0.0953. The summed E-state index contributed by atoms with van der Waals surface area (Å²) in [5, 5.41) is 3.08. The van der Waals surface area contributed by atoms with Crippen molar-refractivity contribution in [3.63, 3.8) is 0 Å². The highest BCUT2D eigenvalue weighted by molar-refractivity contribution is 7.71. The van der Waals surface area contributed by atoms with E-state index in [9.17, 15) is 4.79 Å². The number of aromatic nitrogens is 1. The van der Waals surface area contributed by atoms with Crippen LogP contribution in [0.25, 0.3) is 0 Å². The normalized spacial score (nSPS) is 18.9. The van der Waals surface area contributed by atoms with Crippen LogP contribution < -0.4 is 10.1 Å². The van der Waals surface area contributed by atoms with Gasteiger partial charge in [0.05, 0.1) is 11.6 Å². The molecule has 2 N–H and O–H groups in total. The lowest BCUT2D eigenvalue weighted by Gasteiger charge is -2.37. The molecule has 0 fully saturated rings. The second-order valence-electron chi connectivity index (χ2n) is 6.04. The van der Waals surface area contributed by atoms with Crippen LogP contribution in [-0.2, 0) is 0 Å². The number of amides is 1. The summed E-state index contributed by atoms with van der Waals surface area (Å²) in [7, 11) is 0. The summed E-state index contributed by atoms with van der Waals surface area (Å²) in [6.07, 6.45) is 2.42. The van der Waals surface area contributed by atoms with Crippen LogP contribution in [0.5, 0.6) is 5.75 Å². The van der Waals surface area contributed by atoms with Gasteiger partial charge in [-0.1, -0.05) is 30.4 Å². The molecule has 2 heterocycles. The summed E-state index contributed by atoms with van der Waals surface area (Å²) in [6.45, 7) is 4.05. The molecule has 0 radical (unpaired) electrons. The van der Waals surface area contributed by atoms with Crippen molar-refractivity contribution in [2.75, 3.05) is 0 Å². The molecule has 1 atom stereocenters. The lowest BCUT2D eigenvalue weighted by Crippen LogP contribution is -2.41. The first kappa shape index (κ1) is 14.8. The molecule has 0 unspecified atom stereocenters. The van der Waals surface area contributed by atoms with Crippen LogP contribution in [0.4, 0.5) is 0 Å². The molecule has 0 spiro atoms. The highest BCUT2D eigenvalue weighted by Gasteiger charge is 2.34. The first-order chi connectivity index (χ1) is 10.5. The SMILES string of the molecule is CC1(C)C[C@@H](NC(=O)c2ccc[nH]c2=S)c2ccccc2O1. The van der Waals surface area contributed by atoms with Crippen molar-refractivity contribution in [2.45, 2.75) is 31.9 Å². The van der Waals surface area contributed by atoms with Crippen molar-refractivity contribution in [3.05, 3.63) is 58.4 Å². The third-order valence-electron chi connectivity index (χ3n) is 3.74. The summed E-state index contributed by atoms with van der Waals surface area (Å²) in [5.41, 5.74) is 1.16. The van der Waals surface area contributed by atoms with E-state index >= 15 is 0 Å². The van der Waals surface area contributed by atoms with E-state index in [0.717, 1.165) is 11.3 Å². The van der Waals surface area contributed by atoms with Gasteiger partial charge in [0.25, 0.3) is 5.91 Å². The zero-order chi connectivity index (χ0) is 15.7. The number of pyridine rings is 1. The van der Waals surface area contributed by atoms with Gasteiger partial charge < -0.3 is 15.0 Å². The first-order valence-corrected chi connectivity index (χ1v) is 7.64. The number of hydrogen-bond acceptors (Lipinski definition) is 3. The molecule has 3 rings (SSSR count). The minimum atomic E-state index is -0.327. The lowest BCUT2D eigenvalue weighted by atomic mass is 9.89. The average Bonchev–Trinajstić information content (AvgIpc) is 2.46. The Morgan fingerprint density at radius 2 is 2.09 bits per heavy atom. The van der Waals surface area contributed by atoms with Crippen LogP contribution in [0.3, 0.4) is 0 Å². The molecule has 1 aliphatic heterocycles. The molecular weight excluding hydrogens is 296 g/mol. The van der Waals surface area contributed by atoms with Gasteiger partial charge in [-0.2, -0.15) is 0 Å². The van der Waals surface area contributed by atoms with Crippen LogP contribution in [0.2, 0.25) is 0 Å². The highest BCUT2D eigenvalue weighted by atomic mass is 32.1. The van der Waals surface area contributed by atoms with E-state index in [2.05, 4.69) is 10.3 Å². The molecule has 1 amide bonds. The molecule has 1 aromatic carbocycles. The Bertz CT molecular complexity index is 767. The predicted molar refractivity (Wildman–Crippen MR) is 87.6 cm³/mol. The first-order valence-electron chi connectivity index (χ1n) is 7.23. The number of ether oxygens (including phenoxy) is 1. The fourth-order valence-electron chi connectivity index (χ4n) is 2.77. The summed E-state index contributed by atoms with van der Waals surface area (Å²) >= 11 is 5.18. The van der Waals surface area contributed by atoms with Crippen LogP contribution in [-0.4, -0.2) is 16.5 Å². The fraction of sp³-hybridized carbons (Fsp3) is 0.294. The predicted octanol–water partition coefficient (Wildman–Crippen LogP) is 3.78. The summed E-state index contributed by atoms with van der Waals surface area (Å²) in [5.74, 6) is 0.654. The van der Waals surface area contributed by atoms with E-state index < -0.39 is 0 Å². The Labute approximate surface area is 134 Å². The molecule has 5 heteroatoms. The number of H-pyrrole nitrogens is 1. The molecule has 0 saturated heterocycles. The van der Waals surface area contributed by atoms with Gasteiger partial charge in [-0.15, -0.1) is 0 Å². The van der Waals surface area contributed by atoms with E-state index in [-0.39, 0.29) is 17.6 Å². The van der Waals surface area contributed by atoms with E-state index in [1.165, 1.54) is 0 Å². The second-order valence-corrected chi connectivity index (χ2v) is 6.45. The van der Waals surface area contributed by atoms with Gasteiger partial charge in [0.15, 0.2) is 0 Å². The molecule has 2 aromatic rings. The van der Waals surface area contributed by atoms with Gasteiger partial charge in [-0.25, -0.2) is 0 Å². The summed E-state index contributed by atoms with van der Waals surface area (Å²) in [6, 6.07) is 11.2. The monoisotopic (exact) mass is 314 g/mol. The van der Waals surface area contributed by atoms with E-state index in [0.29, 0.717) is 16.6 Å². The third kappa shape index (κ3) is 2.90. The zero-order valence-electron chi connectivity index (χ0n) is 12.6.